The van der Waals surface area contributed by atoms with Crippen molar-refractivity contribution in [3.05, 3.63) is 70.9 Å². The predicted octanol–water partition coefficient (Wildman–Crippen LogP) is 2.84. The number of nitrogens with one attached hydrogen (secondary N) is 2. The highest BCUT2D eigenvalue weighted by molar-refractivity contribution is 5.91. The lowest BCUT2D eigenvalue weighted by atomic mass is 9.47. The van der Waals surface area contributed by atoms with E-state index in [0.29, 0.717) is 70.6 Å². The van der Waals surface area contributed by atoms with Gasteiger partial charge in [0.1, 0.15) is 23.8 Å². The molecule has 15 nitrogen and oxygen atoms in total. The van der Waals surface area contributed by atoms with Gasteiger partial charge >= 0.3 is 11.9 Å². The fourth-order valence-electron chi connectivity index (χ4n) is 13.7. The third kappa shape index (κ3) is 6.46. The van der Waals surface area contributed by atoms with E-state index < -0.39 is 63.9 Å². The van der Waals surface area contributed by atoms with Crippen LogP contribution in [-0.4, -0.2) is 151 Å². The van der Waals surface area contributed by atoms with Crippen molar-refractivity contribution in [3.8, 4) is 5.75 Å². The summed E-state index contributed by atoms with van der Waals surface area (Å²) in [6.07, 6.45) is 5.60. The fraction of sp³-hybridized carbons (Fsp3) is 0.612. The molecule has 6 aliphatic rings. The number of nitrogens with zero attached hydrogens (tertiary/aromatic N) is 3. The Kier molecular flexibility index (Phi) is 11.5. The number of hydrogen-bond donors (Lipinski definition) is 6. The van der Waals surface area contributed by atoms with Gasteiger partial charge in [-0.2, -0.15) is 0 Å². The number of aromatic amines is 1. The number of carbonyl (C=O) groups is 3. The second-order valence-corrected chi connectivity index (χ2v) is 19.6. The highest BCUT2D eigenvalue weighted by atomic mass is 16.5. The van der Waals surface area contributed by atoms with Crippen molar-refractivity contribution in [2.24, 2.45) is 17.1 Å². The quantitative estimate of drug-likeness (QED) is 0.0934. The van der Waals surface area contributed by atoms with Gasteiger partial charge in [0.15, 0.2) is 5.60 Å². The first-order chi connectivity index (χ1) is 30.6. The molecule has 12 atom stereocenters. The van der Waals surface area contributed by atoms with Crippen LogP contribution >= 0.6 is 0 Å². The summed E-state index contributed by atoms with van der Waals surface area (Å²) in [5.74, 6) is -2.64. The molecule has 2 saturated heterocycles. The summed E-state index contributed by atoms with van der Waals surface area (Å²) < 4.78 is 17.4. The van der Waals surface area contributed by atoms with Crippen LogP contribution in [-0.2, 0) is 35.7 Å². The standard InChI is InChI=1S/C49H66N6O9/c1-7-46(60)25-29-26-54(27-46)20-15-31-30-13-9-10-14-34(30)52-39(31)38(41(57)63-6)37(29)32-23-33-35(24-36(32)62-5)53(4)43-48(33)17-21-55-19-11-16-47(8-2,42(48)55)44(58)49(43,61)45(59)51-18-12-22-64-40(56)28(3)50/h9-11,13-14,16,23-24,28-29,37-38,42-44,52,58,60-61H,7-8,12,15,17-22,25-27,50H2,1-6H3,(H,51,59)/t28?,29?,37?,38?,42?,43?,44-,46?,47-,48?,49+/m1/s1. The Bertz CT molecular complexity index is 2350. The number of amides is 1. The molecule has 1 saturated carbocycles. The minimum absolute atomic E-state index is 0.0315. The molecule has 9 rings (SSSR count). The lowest BCUT2D eigenvalue weighted by Gasteiger charge is -2.63. The number of rotatable bonds is 11. The zero-order valence-corrected chi connectivity index (χ0v) is 38.1. The normalized spacial score (nSPS) is 35.5. The molecule has 3 fully saturated rings. The van der Waals surface area contributed by atoms with Gasteiger partial charge in [-0.1, -0.05) is 44.2 Å². The summed E-state index contributed by atoms with van der Waals surface area (Å²) in [6, 6.07) is 10.3. The smallest absolute Gasteiger partial charge is 0.322 e. The number of ether oxygens (including phenoxy) is 3. The van der Waals surface area contributed by atoms with Crippen molar-refractivity contribution in [2.75, 3.05) is 72.0 Å². The zero-order valence-electron chi connectivity index (χ0n) is 38.1. The van der Waals surface area contributed by atoms with Crippen molar-refractivity contribution < 1.29 is 43.9 Å². The van der Waals surface area contributed by atoms with Crippen LogP contribution in [0.5, 0.6) is 5.75 Å². The predicted molar refractivity (Wildman–Crippen MR) is 241 cm³/mol. The van der Waals surface area contributed by atoms with Crippen LogP contribution in [0.2, 0.25) is 0 Å². The molecule has 7 N–H and O–H groups in total. The largest absolute Gasteiger partial charge is 0.496 e. The van der Waals surface area contributed by atoms with Gasteiger partial charge < -0.3 is 50.5 Å². The lowest BCUT2D eigenvalue weighted by Crippen LogP contribution is -2.81. The Labute approximate surface area is 375 Å². The van der Waals surface area contributed by atoms with Crippen LogP contribution < -0.4 is 20.7 Å². The third-order valence-electron chi connectivity index (χ3n) is 16.4. The van der Waals surface area contributed by atoms with E-state index in [1.54, 1.807) is 14.0 Å². The summed E-state index contributed by atoms with van der Waals surface area (Å²) in [5, 5.41) is 42.4. The van der Waals surface area contributed by atoms with Gasteiger partial charge in [0.25, 0.3) is 5.91 Å². The fourth-order valence-corrected chi connectivity index (χ4v) is 13.7. The van der Waals surface area contributed by atoms with E-state index in [1.807, 2.05) is 62.2 Å². The highest BCUT2D eigenvalue weighted by Crippen LogP contribution is 2.67. The molecule has 6 heterocycles. The van der Waals surface area contributed by atoms with E-state index in [2.05, 4.69) is 32.2 Å². The van der Waals surface area contributed by atoms with Crippen molar-refractivity contribution >= 4 is 34.4 Å². The van der Waals surface area contributed by atoms with Crippen molar-refractivity contribution in [1.29, 1.82) is 0 Å². The molecule has 346 valence electrons. The number of fused-ring (bicyclic) bond motifs is 6. The number of piperidine rings is 1. The van der Waals surface area contributed by atoms with E-state index in [9.17, 15) is 29.7 Å². The number of carbonyl (C=O) groups excluding carboxylic acids is 3. The van der Waals surface area contributed by atoms with E-state index in [-0.39, 0.29) is 37.5 Å². The van der Waals surface area contributed by atoms with Gasteiger partial charge in [-0.3, -0.25) is 24.2 Å². The Morgan fingerprint density at radius 3 is 2.58 bits per heavy atom. The Morgan fingerprint density at radius 1 is 1.08 bits per heavy atom. The van der Waals surface area contributed by atoms with E-state index >= 15 is 0 Å². The molecule has 1 amide bonds. The van der Waals surface area contributed by atoms with Crippen LogP contribution in [0, 0.1) is 11.3 Å². The second-order valence-electron chi connectivity index (χ2n) is 19.6. The summed E-state index contributed by atoms with van der Waals surface area (Å²) in [6.45, 7) is 8.89. The number of aromatic nitrogens is 1. The minimum Gasteiger partial charge on any atom is -0.496 e. The number of aliphatic hydroxyl groups is 3. The molecule has 0 radical (unpaired) electrons. The molecular formula is C49H66N6O9. The van der Waals surface area contributed by atoms with Gasteiger partial charge in [0, 0.05) is 90.9 Å². The van der Waals surface area contributed by atoms with Gasteiger partial charge in [-0.05, 0) is 86.7 Å². The molecule has 1 spiro atoms. The molecule has 64 heavy (non-hydrogen) atoms. The number of esters is 2. The molecule has 15 heteroatoms. The molecule has 1 aromatic heterocycles. The summed E-state index contributed by atoms with van der Waals surface area (Å²) in [7, 11) is 4.94. The number of benzene rings is 2. The number of H-pyrrole nitrogens is 1. The average Bonchev–Trinajstić information content (AvgIpc) is 3.95. The Balaban J connectivity index is 1.23. The summed E-state index contributed by atoms with van der Waals surface area (Å²) in [4.78, 5) is 52.0. The molecule has 2 aromatic carbocycles. The maximum atomic E-state index is 14.8. The zero-order chi connectivity index (χ0) is 45.5. The number of para-hydroxylation sites is 1. The van der Waals surface area contributed by atoms with Crippen LogP contribution in [0.4, 0.5) is 5.69 Å². The van der Waals surface area contributed by atoms with Crippen molar-refractivity contribution in [1.82, 2.24) is 20.1 Å². The third-order valence-corrected chi connectivity index (χ3v) is 16.4. The number of aliphatic hydroxyl groups excluding tert-OH is 1. The average molecular weight is 883 g/mol. The minimum atomic E-state index is -2.30. The van der Waals surface area contributed by atoms with E-state index in [0.717, 1.165) is 39.0 Å². The molecule has 5 aliphatic heterocycles. The first-order valence-corrected chi connectivity index (χ1v) is 23.2. The maximum absolute atomic E-state index is 14.8. The molecule has 9 unspecified atom stereocenters. The molecule has 1 aliphatic carbocycles. The maximum Gasteiger partial charge on any atom is 0.322 e. The van der Waals surface area contributed by atoms with Crippen molar-refractivity contribution in [3.63, 3.8) is 0 Å². The summed E-state index contributed by atoms with van der Waals surface area (Å²) in [5.41, 5.74) is 5.76. The molecule has 2 bridgehead atoms. The van der Waals surface area contributed by atoms with Gasteiger partial charge in [0.2, 0.25) is 0 Å². The van der Waals surface area contributed by atoms with Crippen LogP contribution in [0.1, 0.15) is 87.1 Å². The van der Waals surface area contributed by atoms with Crippen LogP contribution in [0.25, 0.3) is 10.9 Å². The SMILES string of the molecule is CCC1(O)CC2CN(CCc3c([nH]c4ccccc34)C(C(=O)OC)C2c2cc3c(cc2OC)N(C)C2C34CCN3CC=C[C@](CC)(C34)[C@@H](O)[C@]2(O)C(=O)NCCCOC(=O)C(C)N)C1. The number of anilines is 1. The molecule has 3 aromatic rings. The van der Waals surface area contributed by atoms with Crippen LogP contribution in [0.3, 0.4) is 0 Å². The second kappa shape index (κ2) is 16.4. The first-order valence-electron chi connectivity index (χ1n) is 23.2. The number of methoxy groups -OCH3 is 2. The van der Waals surface area contributed by atoms with Gasteiger partial charge in [0.05, 0.1) is 32.5 Å². The lowest BCUT2D eigenvalue weighted by molar-refractivity contribution is -0.203. The van der Waals surface area contributed by atoms with E-state index in [1.165, 1.54) is 7.11 Å². The van der Waals surface area contributed by atoms with E-state index in [4.69, 9.17) is 19.9 Å². The highest BCUT2D eigenvalue weighted by Gasteiger charge is 2.78. The Hall–Kier alpha value is -4.51. The van der Waals surface area contributed by atoms with Gasteiger partial charge in [-0.15, -0.1) is 0 Å². The Morgan fingerprint density at radius 2 is 1.86 bits per heavy atom. The monoisotopic (exact) mass is 882 g/mol. The number of nitrogens with two attached hydrogens (primary N) is 1. The number of likely N-dealkylation sites (N-methyl/N-ethyl adjacent to an activating group) is 1. The number of hydrogen-bond acceptors (Lipinski definition) is 13. The van der Waals surface area contributed by atoms with Crippen molar-refractivity contribution in [2.45, 2.75) is 112 Å². The first kappa shape index (κ1) is 44.7. The topological polar surface area (TPSA) is 203 Å². The molecular weight excluding hydrogens is 817 g/mol. The van der Waals surface area contributed by atoms with Crippen LogP contribution in [0.15, 0.2) is 48.6 Å². The van der Waals surface area contributed by atoms with Gasteiger partial charge in [-0.25, -0.2) is 0 Å². The summed E-state index contributed by atoms with van der Waals surface area (Å²) >= 11 is 0.